The zero-order valence-electron chi connectivity index (χ0n) is 15.7. The van der Waals surface area contributed by atoms with Gasteiger partial charge in [0.1, 0.15) is 17.1 Å². The number of aryl methyl sites for hydroxylation is 1. The second-order valence-electron chi connectivity index (χ2n) is 7.21. The SMILES string of the molecule is COc1ccc(N2CCN(c3nc(C)ccc3C(=O)O)CC2(C)C)cc1. The Kier molecular flexibility index (Phi) is 4.76. The molecule has 1 aliphatic rings. The highest BCUT2D eigenvalue weighted by Gasteiger charge is 2.35. The van der Waals surface area contributed by atoms with Crippen molar-refractivity contribution in [3.63, 3.8) is 0 Å². The van der Waals surface area contributed by atoms with Crippen LogP contribution in [0.3, 0.4) is 0 Å². The summed E-state index contributed by atoms with van der Waals surface area (Å²) >= 11 is 0. The van der Waals surface area contributed by atoms with E-state index in [1.807, 2.05) is 19.1 Å². The van der Waals surface area contributed by atoms with Gasteiger partial charge in [0.2, 0.25) is 0 Å². The number of pyridine rings is 1. The molecule has 6 heteroatoms. The van der Waals surface area contributed by atoms with E-state index in [1.54, 1.807) is 19.2 Å². The van der Waals surface area contributed by atoms with Crippen LogP contribution < -0.4 is 14.5 Å². The molecule has 2 heterocycles. The van der Waals surface area contributed by atoms with Crippen molar-refractivity contribution in [3.8, 4) is 5.75 Å². The summed E-state index contributed by atoms with van der Waals surface area (Å²) in [6.45, 7) is 8.41. The van der Waals surface area contributed by atoms with E-state index in [1.165, 1.54) is 0 Å². The van der Waals surface area contributed by atoms with E-state index in [9.17, 15) is 9.90 Å². The molecule has 1 saturated heterocycles. The molecule has 1 N–H and O–H groups in total. The fourth-order valence-electron chi connectivity index (χ4n) is 3.53. The van der Waals surface area contributed by atoms with Gasteiger partial charge in [-0.25, -0.2) is 9.78 Å². The first kappa shape index (κ1) is 18.0. The maximum Gasteiger partial charge on any atom is 0.339 e. The number of methoxy groups -OCH3 is 1. The molecular weight excluding hydrogens is 330 g/mol. The highest BCUT2D eigenvalue weighted by Crippen LogP contribution is 2.32. The molecule has 0 radical (unpaired) electrons. The third-order valence-electron chi connectivity index (χ3n) is 4.83. The largest absolute Gasteiger partial charge is 0.497 e. The van der Waals surface area contributed by atoms with Crippen molar-refractivity contribution in [1.82, 2.24) is 4.98 Å². The van der Waals surface area contributed by atoms with E-state index >= 15 is 0 Å². The van der Waals surface area contributed by atoms with E-state index in [-0.39, 0.29) is 11.1 Å². The molecule has 0 bridgehead atoms. The van der Waals surface area contributed by atoms with Gasteiger partial charge < -0.3 is 19.6 Å². The molecule has 0 spiro atoms. The van der Waals surface area contributed by atoms with Gasteiger partial charge in [-0.15, -0.1) is 0 Å². The predicted molar refractivity (Wildman–Crippen MR) is 103 cm³/mol. The first-order valence-electron chi connectivity index (χ1n) is 8.69. The maximum atomic E-state index is 11.6. The van der Waals surface area contributed by atoms with Gasteiger partial charge in [-0.3, -0.25) is 0 Å². The zero-order chi connectivity index (χ0) is 18.9. The Balaban J connectivity index is 1.87. The third-order valence-corrected chi connectivity index (χ3v) is 4.83. The highest BCUT2D eigenvalue weighted by molar-refractivity contribution is 5.93. The van der Waals surface area contributed by atoms with Gasteiger partial charge in [-0.05, 0) is 57.2 Å². The average Bonchev–Trinajstić information content (AvgIpc) is 2.60. The molecule has 26 heavy (non-hydrogen) atoms. The maximum absolute atomic E-state index is 11.6. The molecule has 0 saturated carbocycles. The zero-order valence-corrected chi connectivity index (χ0v) is 15.7. The van der Waals surface area contributed by atoms with Crippen molar-refractivity contribution in [2.24, 2.45) is 0 Å². The first-order valence-corrected chi connectivity index (χ1v) is 8.69. The third kappa shape index (κ3) is 3.45. The van der Waals surface area contributed by atoms with Gasteiger partial charge in [-0.2, -0.15) is 0 Å². The highest BCUT2D eigenvalue weighted by atomic mass is 16.5. The fraction of sp³-hybridized carbons (Fsp3) is 0.400. The van der Waals surface area contributed by atoms with Crippen molar-refractivity contribution in [3.05, 3.63) is 47.7 Å². The van der Waals surface area contributed by atoms with E-state index in [2.05, 4.69) is 40.8 Å². The summed E-state index contributed by atoms with van der Waals surface area (Å²) in [5.41, 5.74) is 2.03. The van der Waals surface area contributed by atoms with Crippen molar-refractivity contribution >= 4 is 17.5 Å². The quantitative estimate of drug-likeness (QED) is 0.908. The standard InChI is InChI=1S/C20H25N3O3/c1-14-5-10-17(19(24)25)18(21-14)22-11-12-23(20(2,3)13-22)15-6-8-16(26-4)9-7-15/h5-10H,11-13H2,1-4H3,(H,24,25). The average molecular weight is 355 g/mol. The molecule has 1 aromatic heterocycles. The number of nitrogens with zero attached hydrogens (tertiary/aromatic N) is 3. The summed E-state index contributed by atoms with van der Waals surface area (Å²) < 4.78 is 5.24. The summed E-state index contributed by atoms with van der Waals surface area (Å²) in [7, 11) is 1.66. The Hall–Kier alpha value is -2.76. The van der Waals surface area contributed by atoms with Crippen LogP contribution in [0.4, 0.5) is 11.5 Å². The molecule has 2 aromatic rings. The molecule has 3 rings (SSSR count). The van der Waals surface area contributed by atoms with Crippen LogP contribution in [0.1, 0.15) is 29.9 Å². The number of benzene rings is 1. The van der Waals surface area contributed by atoms with Gasteiger partial charge in [0, 0.05) is 31.0 Å². The molecule has 0 amide bonds. The number of ether oxygens (including phenoxy) is 1. The summed E-state index contributed by atoms with van der Waals surface area (Å²) in [5.74, 6) is 0.447. The number of aromatic carboxylic acids is 1. The minimum absolute atomic E-state index is 0.173. The molecule has 1 fully saturated rings. The van der Waals surface area contributed by atoms with Crippen molar-refractivity contribution < 1.29 is 14.6 Å². The molecule has 138 valence electrons. The predicted octanol–water partition coefficient (Wildman–Crippen LogP) is 3.20. The molecule has 1 aromatic carbocycles. The van der Waals surface area contributed by atoms with Crippen LogP contribution in [-0.2, 0) is 0 Å². The smallest absolute Gasteiger partial charge is 0.339 e. The normalized spacial score (nSPS) is 16.5. The Bertz CT molecular complexity index is 802. The summed E-state index contributed by atoms with van der Waals surface area (Å²) in [4.78, 5) is 20.5. The topological polar surface area (TPSA) is 65.9 Å². The minimum Gasteiger partial charge on any atom is -0.497 e. The number of aromatic nitrogens is 1. The number of carboxylic acids is 1. The van der Waals surface area contributed by atoms with Crippen LogP contribution in [0.15, 0.2) is 36.4 Å². The number of carboxylic acid groups (broad SMARTS) is 1. The molecular formula is C20H25N3O3. The Labute approximate surface area is 154 Å². The lowest BCUT2D eigenvalue weighted by atomic mass is 9.97. The number of hydrogen-bond acceptors (Lipinski definition) is 5. The van der Waals surface area contributed by atoms with Crippen LogP contribution in [0.2, 0.25) is 0 Å². The summed E-state index contributed by atoms with van der Waals surface area (Å²) in [5, 5.41) is 9.51. The van der Waals surface area contributed by atoms with Crippen molar-refractivity contribution in [2.45, 2.75) is 26.3 Å². The lowest BCUT2D eigenvalue weighted by Crippen LogP contribution is -2.60. The van der Waals surface area contributed by atoms with Crippen LogP contribution in [0.5, 0.6) is 5.75 Å². The van der Waals surface area contributed by atoms with Gasteiger partial charge in [0.25, 0.3) is 0 Å². The number of carbonyl (C=O) groups is 1. The number of rotatable bonds is 4. The van der Waals surface area contributed by atoms with Gasteiger partial charge in [0.05, 0.1) is 12.6 Å². The van der Waals surface area contributed by atoms with Gasteiger partial charge in [0.15, 0.2) is 0 Å². The number of hydrogen-bond donors (Lipinski definition) is 1. The van der Waals surface area contributed by atoms with Gasteiger partial charge >= 0.3 is 5.97 Å². The molecule has 0 unspecified atom stereocenters. The van der Waals surface area contributed by atoms with Crippen molar-refractivity contribution in [1.29, 1.82) is 0 Å². The fourth-order valence-corrected chi connectivity index (χ4v) is 3.53. The minimum atomic E-state index is -0.942. The van der Waals surface area contributed by atoms with E-state index < -0.39 is 5.97 Å². The van der Waals surface area contributed by atoms with E-state index in [4.69, 9.17) is 4.74 Å². The Morgan fingerprint density at radius 2 is 1.85 bits per heavy atom. The van der Waals surface area contributed by atoms with E-state index in [0.717, 1.165) is 23.7 Å². The summed E-state index contributed by atoms with van der Waals surface area (Å²) in [6.07, 6.45) is 0. The lowest BCUT2D eigenvalue weighted by molar-refractivity contribution is 0.0697. The molecule has 6 nitrogen and oxygen atoms in total. The first-order chi connectivity index (χ1) is 12.3. The number of piperazine rings is 1. The van der Waals surface area contributed by atoms with E-state index in [0.29, 0.717) is 18.9 Å². The second kappa shape index (κ2) is 6.86. The molecule has 0 aliphatic carbocycles. The van der Waals surface area contributed by atoms with Crippen LogP contribution in [-0.4, -0.2) is 48.3 Å². The van der Waals surface area contributed by atoms with Gasteiger partial charge in [-0.1, -0.05) is 0 Å². The van der Waals surface area contributed by atoms with Crippen LogP contribution >= 0.6 is 0 Å². The Morgan fingerprint density at radius 3 is 2.42 bits per heavy atom. The monoisotopic (exact) mass is 355 g/mol. The molecule has 0 atom stereocenters. The number of anilines is 2. The van der Waals surface area contributed by atoms with Crippen molar-refractivity contribution in [2.75, 3.05) is 36.5 Å². The van der Waals surface area contributed by atoms with Crippen LogP contribution in [0.25, 0.3) is 0 Å². The Morgan fingerprint density at radius 1 is 1.15 bits per heavy atom. The van der Waals surface area contributed by atoms with Crippen LogP contribution in [0, 0.1) is 6.92 Å². The lowest BCUT2D eigenvalue weighted by Gasteiger charge is -2.49. The summed E-state index contributed by atoms with van der Waals surface area (Å²) in [6, 6.07) is 11.4. The molecule has 1 aliphatic heterocycles. The second-order valence-corrected chi connectivity index (χ2v) is 7.21.